The first-order valence-corrected chi connectivity index (χ1v) is 10.6. The van der Waals surface area contributed by atoms with Crippen molar-refractivity contribution in [3.63, 3.8) is 0 Å². The molecule has 0 fully saturated rings. The predicted octanol–water partition coefficient (Wildman–Crippen LogP) is 3.69. The number of nitrogens with one attached hydrogen (secondary N) is 1. The maximum atomic E-state index is 11.9. The number of rotatable bonds is 5. The number of hydrogen-bond donors (Lipinski definition) is 2. The first-order chi connectivity index (χ1) is 15.1. The van der Waals surface area contributed by atoms with Gasteiger partial charge in [-0.1, -0.05) is 36.4 Å². The molecule has 3 heterocycles. The lowest BCUT2D eigenvalue weighted by atomic mass is 9.96. The zero-order valence-electron chi connectivity index (χ0n) is 17.4. The van der Waals surface area contributed by atoms with Crippen LogP contribution in [0, 0.1) is 6.92 Å². The van der Waals surface area contributed by atoms with E-state index >= 15 is 0 Å². The summed E-state index contributed by atoms with van der Waals surface area (Å²) in [5, 5.41) is 8.10. The van der Waals surface area contributed by atoms with Gasteiger partial charge in [-0.25, -0.2) is 14.5 Å². The number of aryl methyl sites for hydroxylation is 2. The van der Waals surface area contributed by atoms with Gasteiger partial charge in [-0.2, -0.15) is 5.10 Å². The van der Waals surface area contributed by atoms with Crippen molar-refractivity contribution in [3.05, 3.63) is 76.7 Å². The Morgan fingerprint density at radius 1 is 1.06 bits per heavy atom. The first-order valence-electron chi connectivity index (χ1n) is 10.6. The Labute approximate surface area is 180 Å². The normalized spacial score (nSPS) is 13.2. The number of hydrogen-bond acceptors (Lipinski definition) is 5. The first kappa shape index (κ1) is 19.2. The van der Waals surface area contributed by atoms with Crippen LogP contribution in [-0.2, 0) is 19.4 Å². The van der Waals surface area contributed by atoms with Gasteiger partial charge in [0.25, 0.3) is 5.91 Å². The summed E-state index contributed by atoms with van der Waals surface area (Å²) in [7, 11) is 0. The van der Waals surface area contributed by atoms with E-state index in [1.165, 1.54) is 11.1 Å². The molecule has 1 aliphatic rings. The van der Waals surface area contributed by atoms with E-state index in [0.29, 0.717) is 18.1 Å². The molecule has 1 aromatic carbocycles. The van der Waals surface area contributed by atoms with Crippen molar-refractivity contribution in [3.8, 4) is 11.4 Å². The van der Waals surface area contributed by atoms with Crippen LogP contribution in [0.4, 0.5) is 5.82 Å². The van der Waals surface area contributed by atoms with Crippen molar-refractivity contribution < 1.29 is 4.79 Å². The Balaban J connectivity index is 1.62. The van der Waals surface area contributed by atoms with Crippen LogP contribution in [0.1, 0.15) is 45.8 Å². The van der Waals surface area contributed by atoms with E-state index in [9.17, 15) is 4.79 Å². The Morgan fingerprint density at radius 2 is 1.87 bits per heavy atom. The summed E-state index contributed by atoms with van der Waals surface area (Å²) in [6.07, 6.45) is 4.19. The van der Waals surface area contributed by atoms with Gasteiger partial charge in [0.15, 0.2) is 5.82 Å². The highest BCUT2D eigenvalue weighted by Crippen LogP contribution is 2.32. The van der Waals surface area contributed by atoms with Crippen molar-refractivity contribution in [1.29, 1.82) is 0 Å². The number of carbonyl (C=O) groups excluding carboxylic acids is 1. The molecule has 0 saturated carbocycles. The number of benzene rings is 1. The van der Waals surface area contributed by atoms with E-state index in [-0.39, 0.29) is 0 Å². The Hall–Kier alpha value is -3.74. The Morgan fingerprint density at radius 3 is 2.68 bits per heavy atom. The summed E-state index contributed by atoms with van der Waals surface area (Å²) in [5.74, 6) is 0.995. The second-order valence-electron chi connectivity index (χ2n) is 7.90. The molecule has 3 aromatic heterocycles. The van der Waals surface area contributed by atoms with Gasteiger partial charge < -0.3 is 11.1 Å². The van der Waals surface area contributed by atoms with Crippen LogP contribution in [0.15, 0.2) is 48.5 Å². The highest BCUT2D eigenvalue weighted by Gasteiger charge is 2.22. The van der Waals surface area contributed by atoms with Gasteiger partial charge in [0.05, 0.1) is 16.8 Å². The van der Waals surface area contributed by atoms with Gasteiger partial charge in [0.1, 0.15) is 11.5 Å². The molecule has 0 saturated heterocycles. The lowest BCUT2D eigenvalue weighted by Gasteiger charge is -2.20. The summed E-state index contributed by atoms with van der Waals surface area (Å²) in [6.45, 7) is 2.61. The molecule has 31 heavy (non-hydrogen) atoms. The van der Waals surface area contributed by atoms with E-state index in [4.69, 9.17) is 15.7 Å². The van der Waals surface area contributed by atoms with Crippen LogP contribution < -0.4 is 11.1 Å². The minimum Gasteiger partial charge on any atom is -0.366 e. The number of anilines is 1. The topological polar surface area (TPSA) is 98.2 Å². The maximum Gasteiger partial charge on any atom is 0.267 e. The number of nitrogens with zero attached hydrogens (tertiary/aromatic N) is 4. The second-order valence-corrected chi connectivity index (χ2v) is 7.90. The van der Waals surface area contributed by atoms with Crippen molar-refractivity contribution in [2.45, 2.75) is 39.2 Å². The quantitative estimate of drug-likeness (QED) is 0.521. The molecule has 3 N–H and O–H groups in total. The number of fused-ring (bicyclic) bond motifs is 2. The molecular formula is C24H24N6O. The van der Waals surface area contributed by atoms with Crippen LogP contribution in [0.2, 0.25) is 0 Å². The maximum absolute atomic E-state index is 11.9. The molecule has 1 amide bonds. The van der Waals surface area contributed by atoms with Gasteiger partial charge >= 0.3 is 0 Å². The smallest absolute Gasteiger partial charge is 0.267 e. The van der Waals surface area contributed by atoms with Gasteiger partial charge in [0, 0.05) is 17.8 Å². The van der Waals surface area contributed by atoms with Crippen LogP contribution in [0.25, 0.3) is 16.9 Å². The van der Waals surface area contributed by atoms with Crippen LogP contribution in [-0.4, -0.2) is 25.5 Å². The van der Waals surface area contributed by atoms with E-state index in [2.05, 4.69) is 22.5 Å². The minimum absolute atomic E-state index is 0.340. The SMILES string of the molecule is Cc1nn2c(C(N)=O)cccc2c1-c1nc2c(c(NCc3ccccc3)n1)CCCC2. The highest BCUT2D eigenvalue weighted by atomic mass is 16.1. The number of nitrogens with two attached hydrogens (primary N) is 1. The van der Waals surface area contributed by atoms with E-state index < -0.39 is 5.91 Å². The molecule has 4 aromatic rings. The van der Waals surface area contributed by atoms with Crippen LogP contribution in [0.5, 0.6) is 0 Å². The fourth-order valence-corrected chi connectivity index (χ4v) is 4.28. The molecule has 0 spiro atoms. The molecule has 0 atom stereocenters. The molecular weight excluding hydrogens is 388 g/mol. The van der Waals surface area contributed by atoms with Crippen molar-refractivity contribution in [2.24, 2.45) is 5.73 Å². The number of amides is 1. The van der Waals surface area contributed by atoms with Crippen molar-refractivity contribution in [2.75, 3.05) is 5.32 Å². The Bertz CT molecular complexity index is 1280. The predicted molar refractivity (Wildman–Crippen MR) is 120 cm³/mol. The standard InChI is InChI=1S/C24H24N6O/c1-15-21(19-12-7-13-20(22(25)31)30(19)29-15)24-27-18-11-6-5-10-17(18)23(28-24)26-14-16-8-3-2-4-9-16/h2-4,7-9,12-13H,5-6,10-11,14H2,1H3,(H2,25,31)(H,26,27,28). The average molecular weight is 412 g/mol. The number of carbonyl (C=O) groups is 1. The third-order valence-electron chi connectivity index (χ3n) is 5.79. The summed E-state index contributed by atoms with van der Waals surface area (Å²) in [6, 6.07) is 15.7. The summed E-state index contributed by atoms with van der Waals surface area (Å²) < 4.78 is 1.59. The minimum atomic E-state index is -0.517. The molecule has 7 nitrogen and oxygen atoms in total. The van der Waals surface area contributed by atoms with Gasteiger partial charge in [-0.3, -0.25) is 4.79 Å². The molecule has 7 heteroatoms. The van der Waals surface area contributed by atoms with Crippen LogP contribution in [0.3, 0.4) is 0 Å². The molecule has 0 unspecified atom stereocenters. The van der Waals surface area contributed by atoms with Gasteiger partial charge in [0.2, 0.25) is 0 Å². The molecule has 0 bridgehead atoms. The fraction of sp³-hybridized carbons (Fsp3) is 0.250. The van der Waals surface area contributed by atoms with E-state index in [0.717, 1.165) is 54.0 Å². The zero-order chi connectivity index (χ0) is 21.4. The summed E-state index contributed by atoms with van der Waals surface area (Å²) >= 11 is 0. The number of pyridine rings is 1. The molecule has 1 aliphatic carbocycles. The zero-order valence-corrected chi connectivity index (χ0v) is 17.4. The molecule has 0 radical (unpaired) electrons. The van der Waals surface area contributed by atoms with E-state index in [1.54, 1.807) is 10.6 Å². The molecule has 5 rings (SSSR count). The third-order valence-corrected chi connectivity index (χ3v) is 5.79. The van der Waals surface area contributed by atoms with Crippen molar-refractivity contribution in [1.82, 2.24) is 19.6 Å². The molecule has 0 aliphatic heterocycles. The lowest BCUT2D eigenvalue weighted by Crippen LogP contribution is -2.16. The second kappa shape index (κ2) is 7.83. The average Bonchev–Trinajstić information content (AvgIpc) is 3.13. The monoisotopic (exact) mass is 412 g/mol. The third kappa shape index (κ3) is 3.52. The van der Waals surface area contributed by atoms with Gasteiger partial charge in [-0.05, 0) is 50.3 Å². The Kier molecular flexibility index (Phi) is 4.86. The number of aromatic nitrogens is 4. The van der Waals surface area contributed by atoms with E-state index in [1.807, 2.05) is 37.3 Å². The largest absolute Gasteiger partial charge is 0.366 e. The molecule has 156 valence electrons. The summed E-state index contributed by atoms with van der Waals surface area (Å²) in [4.78, 5) is 21.7. The van der Waals surface area contributed by atoms with Crippen LogP contribution >= 0.6 is 0 Å². The van der Waals surface area contributed by atoms with Crippen molar-refractivity contribution >= 4 is 17.2 Å². The highest BCUT2D eigenvalue weighted by molar-refractivity contribution is 5.93. The lowest BCUT2D eigenvalue weighted by molar-refractivity contribution is 0.0993. The van der Waals surface area contributed by atoms with Gasteiger partial charge in [-0.15, -0.1) is 0 Å². The number of primary amides is 1. The fourth-order valence-electron chi connectivity index (χ4n) is 4.28. The summed E-state index contributed by atoms with van der Waals surface area (Å²) in [5.41, 5.74) is 11.8.